The van der Waals surface area contributed by atoms with Crippen LogP contribution in [0.25, 0.3) is 0 Å². The number of nitrogens with one attached hydrogen (secondary N) is 3. The highest BCUT2D eigenvalue weighted by molar-refractivity contribution is 6.42. The van der Waals surface area contributed by atoms with Crippen LogP contribution in [0.4, 0.5) is 18.9 Å². The highest BCUT2D eigenvalue weighted by Crippen LogP contribution is 2.31. The summed E-state index contributed by atoms with van der Waals surface area (Å²) in [6.07, 6.45) is -4.59. The van der Waals surface area contributed by atoms with Crippen molar-refractivity contribution in [3.05, 3.63) is 39.5 Å². The van der Waals surface area contributed by atoms with Gasteiger partial charge in [0, 0.05) is 17.0 Å². The molecule has 0 aromatic heterocycles. The van der Waals surface area contributed by atoms with E-state index < -0.39 is 29.3 Å². The number of hydrogen-bond donors (Lipinski definition) is 3. The predicted molar refractivity (Wildman–Crippen MR) is 88.3 cm³/mol. The smallest absolute Gasteiger partial charge is 0.318 e. The fourth-order valence-corrected chi connectivity index (χ4v) is 2.55. The number of ketones is 1. The molecule has 0 fully saturated rings. The molecule has 0 unspecified atom stereocenters. The molecule has 0 heterocycles. The molecule has 1 aliphatic rings. The van der Waals surface area contributed by atoms with E-state index in [4.69, 9.17) is 23.2 Å². The van der Waals surface area contributed by atoms with Crippen LogP contribution in [0.15, 0.2) is 29.5 Å². The zero-order valence-electron chi connectivity index (χ0n) is 13.0. The molecule has 1 aromatic rings. The molecule has 6 nitrogen and oxygen atoms in total. The Kier molecular flexibility index (Phi) is 6.14. The number of allylic oxidation sites excluding steroid dienone is 2. The van der Waals surface area contributed by atoms with Crippen molar-refractivity contribution in [2.45, 2.75) is 25.4 Å². The topological polar surface area (TPSA) is 87.3 Å². The van der Waals surface area contributed by atoms with Gasteiger partial charge in [0.1, 0.15) is 0 Å². The minimum atomic E-state index is -5.00. The quantitative estimate of drug-likeness (QED) is 0.526. The van der Waals surface area contributed by atoms with Crippen molar-refractivity contribution in [1.82, 2.24) is 10.9 Å². The van der Waals surface area contributed by atoms with Gasteiger partial charge in [0.25, 0.3) is 5.78 Å². The van der Waals surface area contributed by atoms with Gasteiger partial charge in [-0.1, -0.05) is 23.2 Å². The molecule has 1 aromatic carbocycles. The Hall–Kier alpha value is -2.26. The molecular weight excluding hydrogens is 398 g/mol. The van der Waals surface area contributed by atoms with E-state index in [1.807, 2.05) is 5.43 Å². The first-order valence-electron chi connectivity index (χ1n) is 7.25. The Balaban J connectivity index is 1.97. The number of hydrogen-bond acceptors (Lipinski definition) is 4. The third-order valence-electron chi connectivity index (χ3n) is 3.46. The van der Waals surface area contributed by atoms with Crippen LogP contribution in [0, 0.1) is 0 Å². The first-order chi connectivity index (χ1) is 12.1. The van der Waals surface area contributed by atoms with Gasteiger partial charge in [0.05, 0.1) is 10.0 Å². The molecule has 2 amide bonds. The van der Waals surface area contributed by atoms with Gasteiger partial charge in [0.15, 0.2) is 0 Å². The second-order valence-corrected chi connectivity index (χ2v) is 6.11. The monoisotopic (exact) mass is 409 g/mol. The van der Waals surface area contributed by atoms with E-state index in [0.29, 0.717) is 6.42 Å². The van der Waals surface area contributed by atoms with E-state index >= 15 is 0 Å². The lowest BCUT2D eigenvalue weighted by atomic mass is 10.1. The second kappa shape index (κ2) is 7.96. The molecule has 0 spiro atoms. The van der Waals surface area contributed by atoms with E-state index in [1.165, 1.54) is 18.2 Å². The number of carbonyl (C=O) groups is 3. The van der Waals surface area contributed by atoms with E-state index in [2.05, 4.69) is 10.7 Å². The van der Waals surface area contributed by atoms with Crippen molar-refractivity contribution in [2.75, 3.05) is 5.32 Å². The lowest BCUT2D eigenvalue weighted by Crippen LogP contribution is -2.43. The number of halogens is 5. The Labute approximate surface area is 155 Å². The lowest BCUT2D eigenvalue weighted by molar-refractivity contribution is -0.166. The molecule has 26 heavy (non-hydrogen) atoms. The predicted octanol–water partition coefficient (Wildman–Crippen LogP) is 3.12. The molecule has 0 bridgehead atoms. The fraction of sp³-hybridized carbons (Fsp3) is 0.267. The summed E-state index contributed by atoms with van der Waals surface area (Å²) in [5, 5.41) is 2.66. The van der Waals surface area contributed by atoms with Gasteiger partial charge in [-0.2, -0.15) is 13.2 Å². The third kappa shape index (κ3) is 4.89. The summed E-state index contributed by atoms with van der Waals surface area (Å²) >= 11 is 11.5. The molecule has 0 atom stereocenters. The maximum Gasteiger partial charge on any atom is 0.454 e. The van der Waals surface area contributed by atoms with Crippen molar-refractivity contribution < 1.29 is 27.6 Å². The van der Waals surface area contributed by atoms with Crippen LogP contribution in [0.5, 0.6) is 0 Å². The Morgan fingerprint density at radius 2 is 1.69 bits per heavy atom. The normalized spacial score (nSPS) is 14.2. The van der Waals surface area contributed by atoms with Gasteiger partial charge in [0.2, 0.25) is 0 Å². The summed E-state index contributed by atoms with van der Waals surface area (Å²) in [6, 6.07) is 4.14. The molecular formula is C15H12Cl2F3N3O3. The number of hydrazine groups is 1. The average Bonchev–Trinajstić information content (AvgIpc) is 3.02. The standard InChI is InChI=1S/C15H12Cl2F3N3O3/c16-9-5-4-7(6-10(9)17)21-13(25)14(26)23-22-11-3-1-2-8(11)12(24)15(18,19)20/h4-6,22H,1-3H2,(H,21,25)(H,23,26). The van der Waals surface area contributed by atoms with E-state index in [1.54, 1.807) is 0 Å². The van der Waals surface area contributed by atoms with Gasteiger partial charge in [-0.05, 0) is 37.5 Å². The summed E-state index contributed by atoms with van der Waals surface area (Å²) < 4.78 is 37.6. The summed E-state index contributed by atoms with van der Waals surface area (Å²) in [6.45, 7) is 0. The van der Waals surface area contributed by atoms with Crippen LogP contribution in [0.3, 0.4) is 0 Å². The van der Waals surface area contributed by atoms with Crippen molar-refractivity contribution in [2.24, 2.45) is 0 Å². The molecule has 3 N–H and O–H groups in total. The average molecular weight is 410 g/mol. The molecule has 0 saturated heterocycles. The van der Waals surface area contributed by atoms with Crippen LogP contribution in [0.2, 0.25) is 10.0 Å². The van der Waals surface area contributed by atoms with Gasteiger partial charge in [-0.3, -0.25) is 19.8 Å². The van der Waals surface area contributed by atoms with Gasteiger partial charge in [-0.15, -0.1) is 0 Å². The van der Waals surface area contributed by atoms with E-state index in [9.17, 15) is 27.6 Å². The summed E-state index contributed by atoms with van der Waals surface area (Å²) in [4.78, 5) is 34.9. The molecule has 140 valence electrons. The molecule has 0 saturated carbocycles. The van der Waals surface area contributed by atoms with Crippen LogP contribution < -0.4 is 16.2 Å². The largest absolute Gasteiger partial charge is 0.454 e. The molecule has 2 rings (SSSR count). The zero-order valence-corrected chi connectivity index (χ0v) is 14.5. The number of benzene rings is 1. The molecule has 0 radical (unpaired) electrons. The van der Waals surface area contributed by atoms with Crippen LogP contribution in [0.1, 0.15) is 19.3 Å². The third-order valence-corrected chi connectivity index (χ3v) is 4.20. The van der Waals surface area contributed by atoms with Crippen molar-refractivity contribution in [1.29, 1.82) is 0 Å². The van der Waals surface area contributed by atoms with E-state index in [0.717, 1.165) is 0 Å². The highest BCUT2D eigenvalue weighted by atomic mass is 35.5. The van der Waals surface area contributed by atoms with Gasteiger partial charge in [-0.25, -0.2) is 0 Å². The van der Waals surface area contributed by atoms with Gasteiger partial charge < -0.3 is 10.7 Å². The van der Waals surface area contributed by atoms with Crippen molar-refractivity contribution in [3.63, 3.8) is 0 Å². The highest BCUT2D eigenvalue weighted by Gasteiger charge is 2.42. The minimum Gasteiger partial charge on any atom is -0.318 e. The Morgan fingerprint density at radius 3 is 2.31 bits per heavy atom. The fourth-order valence-electron chi connectivity index (χ4n) is 2.25. The summed E-state index contributed by atoms with van der Waals surface area (Å²) in [5.74, 6) is -4.21. The van der Waals surface area contributed by atoms with Crippen LogP contribution >= 0.6 is 23.2 Å². The van der Waals surface area contributed by atoms with Crippen LogP contribution in [-0.4, -0.2) is 23.8 Å². The number of alkyl halides is 3. The minimum absolute atomic E-state index is 0.0635. The SMILES string of the molecule is O=C(NNC1=C(C(=O)C(F)(F)F)CCC1)C(=O)Nc1ccc(Cl)c(Cl)c1. The Morgan fingerprint density at radius 1 is 1.00 bits per heavy atom. The molecule has 0 aliphatic heterocycles. The van der Waals surface area contributed by atoms with Gasteiger partial charge >= 0.3 is 18.0 Å². The maximum absolute atomic E-state index is 12.5. The lowest BCUT2D eigenvalue weighted by Gasteiger charge is -2.12. The second-order valence-electron chi connectivity index (χ2n) is 5.30. The number of rotatable bonds is 4. The number of Topliss-reactive ketones (excluding diaryl/α,β-unsaturated/α-hetero) is 1. The first-order valence-corrected chi connectivity index (χ1v) is 8.01. The first kappa shape index (κ1) is 20.1. The molecule has 11 heteroatoms. The van der Waals surface area contributed by atoms with E-state index in [-0.39, 0.29) is 34.3 Å². The Bertz CT molecular complexity index is 794. The zero-order chi connectivity index (χ0) is 19.5. The summed E-state index contributed by atoms with van der Waals surface area (Å²) in [5.41, 5.74) is 3.87. The molecule has 1 aliphatic carbocycles. The number of amides is 2. The van der Waals surface area contributed by atoms with Crippen LogP contribution in [-0.2, 0) is 14.4 Å². The number of anilines is 1. The van der Waals surface area contributed by atoms with Crippen molar-refractivity contribution >= 4 is 46.5 Å². The maximum atomic E-state index is 12.5. The van der Waals surface area contributed by atoms with Crippen molar-refractivity contribution in [3.8, 4) is 0 Å². The number of carbonyl (C=O) groups excluding carboxylic acids is 3. The summed E-state index contributed by atoms with van der Waals surface area (Å²) in [7, 11) is 0.